The molecule has 0 amide bonds. The Hall–Kier alpha value is -2.24. The number of H-pyrrole nitrogens is 1. The standard InChI is InChI=1S/C5H5N5.C3H4O/c6-4-3-5(9-1-7-3)10-2-8-4;1-2-3-4/h1-2H,(H3,6,7,8,9,10);2-3H,1H2. The van der Waals surface area contributed by atoms with Crippen molar-refractivity contribution in [3.05, 3.63) is 25.3 Å². The van der Waals surface area contributed by atoms with Crippen LogP contribution in [0.1, 0.15) is 0 Å². The Morgan fingerprint density at radius 2 is 2.14 bits per heavy atom. The van der Waals surface area contributed by atoms with E-state index >= 15 is 0 Å². The van der Waals surface area contributed by atoms with Crippen molar-refractivity contribution < 1.29 is 4.79 Å². The third-order valence-electron chi connectivity index (χ3n) is 1.34. The summed E-state index contributed by atoms with van der Waals surface area (Å²) in [7, 11) is 0. The van der Waals surface area contributed by atoms with E-state index in [1.165, 1.54) is 18.7 Å². The van der Waals surface area contributed by atoms with Crippen LogP contribution in [0.5, 0.6) is 0 Å². The minimum atomic E-state index is 0.409. The minimum Gasteiger partial charge on any atom is -0.382 e. The molecule has 2 heterocycles. The maximum Gasteiger partial charge on any atom is 0.162 e. The van der Waals surface area contributed by atoms with Gasteiger partial charge < -0.3 is 10.7 Å². The third kappa shape index (κ3) is 2.13. The second-order valence-electron chi connectivity index (χ2n) is 2.23. The molecule has 0 aromatic carbocycles. The Morgan fingerprint density at radius 3 is 2.71 bits per heavy atom. The summed E-state index contributed by atoms with van der Waals surface area (Å²) in [5, 5.41) is 0. The van der Waals surface area contributed by atoms with E-state index in [1.807, 2.05) is 0 Å². The number of fused-ring (bicyclic) bond motifs is 1. The van der Waals surface area contributed by atoms with Gasteiger partial charge >= 0.3 is 0 Å². The first-order valence-electron chi connectivity index (χ1n) is 3.75. The molecule has 2 aromatic rings. The maximum absolute atomic E-state index is 9.06. The number of anilines is 1. The number of nitrogens with two attached hydrogens (primary N) is 1. The predicted octanol–water partition coefficient (Wildman–Crippen LogP) is 0.306. The van der Waals surface area contributed by atoms with Gasteiger partial charge in [0.05, 0.1) is 6.33 Å². The molecular formula is C8H9N5O. The minimum absolute atomic E-state index is 0.409. The fourth-order valence-electron chi connectivity index (χ4n) is 0.783. The SMILES string of the molecule is C=CC=O.Nc1ncnc2[nH]cnc12. The van der Waals surface area contributed by atoms with Crippen LogP contribution < -0.4 is 5.73 Å². The van der Waals surface area contributed by atoms with E-state index in [9.17, 15) is 0 Å². The zero-order valence-electron chi connectivity index (χ0n) is 7.34. The summed E-state index contributed by atoms with van der Waals surface area (Å²) in [5.41, 5.74) is 6.77. The molecule has 72 valence electrons. The molecule has 0 saturated carbocycles. The molecular weight excluding hydrogens is 182 g/mol. The highest BCUT2D eigenvalue weighted by atomic mass is 16.1. The van der Waals surface area contributed by atoms with Gasteiger partial charge in [-0.15, -0.1) is 0 Å². The van der Waals surface area contributed by atoms with Crippen LogP contribution in [0.2, 0.25) is 0 Å². The smallest absolute Gasteiger partial charge is 0.162 e. The van der Waals surface area contributed by atoms with Gasteiger partial charge in [-0.1, -0.05) is 6.58 Å². The summed E-state index contributed by atoms with van der Waals surface area (Å²) in [6.45, 7) is 3.11. The number of imidazole rings is 1. The van der Waals surface area contributed by atoms with Crippen molar-refractivity contribution in [1.82, 2.24) is 19.9 Å². The van der Waals surface area contributed by atoms with Crippen LogP contribution in [0.25, 0.3) is 11.2 Å². The van der Waals surface area contributed by atoms with Crippen molar-refractivity contribution in [1.29, 1.82) is 0 Å². The molecule has 0 unspecified atom stereocenters. The monoisotopic (exact) mass is 191 g/mol. The van der Waals surface area contributed by atoms with E-state index < -0.39 is 0 Å². The molecule has 6 nitrogen and oxygen atoms in total. The summed E-state index contributed by atoms with van der Waals surface area (Å²) >= 11 is 0. The van der Waals surface area contributed by atoms with Crippen molar-refractivity contribution >= 4 is 23.3 Å². The van der Waals surface area contributed by atoms with E-state index in [1.54, 1.807) is 0 Å². The molecule has 0 aliphatic carbocycles. The Labute approximate surface area is 79.9 Å². The van der Waals surface area contributed by atoms with Crippen molar-refractivity contribution in [2.75, 3.05) is 5.73 Å². The number of carbonyl (C=O) groups excluding carboxylic acids is 1. The lowest BCUT2D eigenvalue weighted by molar-refractivity contribution is -0.104. The highest BCUT2D eigenvalue weighted by Crippen LogP contribution is 2.09. The topological polar surface area (TPSA) is 97.5 Å². The molecule has 14 heavy (non-hydrogen) atoms. The summed E-state index contributed by atoms with van der Waals surface area (Å²) < 4.78 is 0. The zero-order chi connectivity index (χ0) is 10.4. The predicted molar refractivity (Wildman–Crippen MR) is 52.4 cm³/mol. The number of aromatic amines is 1. The molecule has 2 aromatic heterocycles. The number of hydrogen-bond acceptors (Lipinski definition) is 5. The number of aromatic nitrogens is 4. The second kappa shape index (κ2) is 4.70. The van der Waals surface area contributed by atoms with E-state index in [0.717, 1.165) is 0 Å². The van der Waals surface area contributed by atoms with Crippen LogP contribution in [0, 0.1) is 0 Å². The van der Waals surface area contributed by atoms with Gasteiger partial charge in [0.1, 0.15) is 18.1 Å². The van der Waals surface area contributed by atoms with Gasteiger partial charge in [0.25, 0.3) is 0 Å². The number of nitrogens with one attached hydrogen (secondary N) is 1. The molecule has 2 rings (SSSR count). The van der Waals surface area contributed by atoms with E-state index in [0.29, 0.717) is 23.3 Å². The van der Waals surface area contributed by atoms with E-state index in [-0.39, 0.29) is 0 Å². The van der Waals surface area contributed by atoms with Gasteiger partial charge in [0, 0.05) is 0 Å². The summed E-state index contributed by atoms with van der Waals surface area (Å²) in [6.07, 6.45) is 4.77. The Bertz CT molecular complexity index is 430. The summed E-state index contributed by atoms with van der Waals surface area (Å²) in [4.78, 5) is 23.4. The molecule has 0 aliphatic rings. The van der Waals surface area contributed by atoms with Crippen molar-refractivity contribution in [2.24, 2.45) is 0 Å². The fourth-order valence-corrected chi connectivity index (χ4v) is 0.783. The van der Waals surface area contributed by atoms with Gasteiger partial charge in [-0.25, -0.2) is 15.0 Å². The highest BCUT2D eigenvalue weighted by Gasteiger charge is 1.99. The molecule has 0 spiro atoms. The number of nitrogen functional groups attached to an aromatic ring is 1. The molecule has 0 atom stereocenters. The van der Waals surface area contributed by atoms with Gasteiger partial charge in [-0.3, -0.25) is 4.79 Å². The zero-order valence-corrected chi connectivity index (χ0v) is 7.34. The molecule has 0 bridgehead atoms. The number of hydrogen-bond donors (Lipinski definition) is 2. The molecule has 6 heteroatoms. The highest BCUT2D eigenvalue weighted by molar-refractivity contribution is 5.80. The lowest BCUT2D eigenvalue weighted by atomic mass is 10.5. The van der Waals surface area contributed by atoms with Crippen LogP contribution in [-0.2, 0) is 4.79 Å². The lowest BCUT2D eigenvalue weighted by Crippen LogP contribution is -1.91. The lowest BCUT2D eigenvalue weighted by Gasteiger charge is -1.88. The molecule has 0 aliphatic heterocycles. The third-order valence-corrected chi connectivity index (χ3v) is 1.34. The van der Waals surface area contributed by atoms with Gasteiger partial charge in [-0.05, 0) is 6.08 Å². The van der Waals surface area contributed by atoms with E-state index in [4.69, 9.17) is 10.5 Å². The first kappa shape index (κ1) is 9.85. The Morgan fingerprint density at radius 1 is 1.43 bits per heavy atom. The van der Waals surface area contributed by atoms with Crippen molar-refractivity contribution in [3.8, 4) is 0 Å². The molecule has 0 fully saturated rings. The Kier molecular flexibility index (Phi) is 3.31. The van der Waals surface area contributed by atoms with Crippen LogP contribution in [0.3, 0.4) is 0 Å². The first-order valence-corrected chi connectivity index (χ1v) is 3.75. The number of aldehydes is 1. The van der Waals surface area contributed by atoms with Crippen LogP contribution >= 0.6 is 0 Å². The average molecular weight is 191 g/mol. The van der Waals surface area contributed by atoms with Gasteiger partial charge in [0.2, 0.25) is 0 Å². The average Bonchev–Trinajstić information content (AvgIpc) is 2.68. The molecule has 0 saturated heterocycles. The van der Waals surface area contributed by atoms with Gasteiger partial charge in [0.15, 0.2) is 11.5 Å². The number of nitrogens with zero attached hydrogens (tertiary/aromatic N) is 3. The summed E-state index contributed by atoms with van der Waals surface area (Å²) in [5.74, 6) is 0.409. The maximum atomic E-state index is 9.06. The second-order valence-corrected chi connectivity index (χ2v) is 2.23. The number of carbonyl (C=O) groups is 1. The quantitative estimate of drug-likeness (QED) is 0.499. The first-order chi connectivity index (χ1) is 6.79. The largest absolute Gasteiger partial charge is 0.382 e. The van der Waals surface area contributed by atoms with Crippen LogP contribution in [0.15, 0.2) is 25.3 Å². The van der Waals surface area contributed by atoms with Crippen molar-refractivity contribution in [2.45, 2.75) is 0 Å². The van der Waals surface area contributed by atoms with Crippen molar-refractivity contribution in [3.63, 3.8) is 0 Å². The summed E-state index contributed by atoms with van der Waals surface area (Å²) in [6, 6.07) is 0. The number of rotatable bonds is 1. The normalized spacial score (nSPS) is 8.86. The van der Waals surface area contributed by atoms with Crippen LogP contribution in [-0.4, -0.2) is 26.2 Å². The van der Waals surface area contributed by atoms with Gasteiger partial charge in [-0.2, -0.15) is 0 Å². The molecule has 3 N–H and O–H groups in total. The Balaban J connectivity index is 0.000000213. The molecule has 0 radical (unpaired) electrons. The fraction of sp³-hybridized carbons (Fsp3) is 0. The van der Waals surface area contributed by atoms with E-state index in [2.05, 4.69) is 26.5 Å². The van der Waals surface area contributed by atoms with Crippen LogP contribution in [0.4, 0.5) is 5.82 Å². The number of allylic oxidation sites excluding steroid dienone is 1.